The predicted molar refractivity (Wildman–Crippen MR) is 93.3 cm³/mol. The zero-order chi connectivity index (χ0) is 17.3. The summed E-state index contributed by atoms with van der Waals surface area (Å²) in [5, 5.41) is 5.28. The molecule has 1 amide bonds. The molecule has 2 aromatic rings. The third-order valence-corrected chi connectivity index (χ3v) is 5.63. The van der Waals surface area contributed by atoms with Crippen molar-refractivity contribution < 1.29 is 14.3 Å². The molecule has 130 valence electrons. The molecule has 1 saturated heterocycles. The topological polar surface area (TPSA) is 64.4 Å². The number of aromatic nitrogens is 2. The molecule has 0 radical (unpaired) electrons. The average Bonchev–Trinajstić information content (AvgIpc) is 2.97. The van der Waals surface area contributed by atoms with Crippen molar-refractivity contribution in [3.05, 3.63) is 16.6 Å². The lowest BCUT2D eigenvalue weighted by molar-refractivity contribution is -0.139. The Kier molecular flexibility index (Phi) is 4.89. The molecule has 24 heavy (non-hydrogen) atoms. The van der Waals surface area contributed by atoms with Crippen LogP contribution >= 0.6 is 11.3 Å². The largest absolute Gasteiger partial charge is 0.448 e. The SMILES string of the molecule is Cc1nn(C)c2sc(C(=O)O[C@@H](C)C(=O)N3CCCCCC3)cc12. The van der Waals surface area contributed by atoms with Gasteiger partial charge < -0.3 is 9.64 Å². The van der Waals surface area contributed by atoms with Gasteiger partial charge in [0.25, 0.3) is 5.91 Å². The molecule has 3 heterocycles. The van der Waals surface area contributed by atoms with Crippen LogP contribution in [0.3, 0.4) is 0 Å². The summed E-state index contributed by atoms with van der Waals surface area (Å²) in [7, 11) is 1.85. The van der Waals surface area contributed by atoms with Gasteiger partial charge in [-0.2, -0.15) is 5.10 Å². The first-order valence-corrected chi connectivity index (χ1v) is 9.22. The Hall–Kier alpha value is -1.89. The molecule has 0 N–H and O–H groups in total. The molecule has 0 bridgehead atoms. The monoisotopic (exact) mass is 349 g/mol. The summed E-state index contributed by atoms with van der Waals surface area (Å²) >= 11 is 1.35. The number of aryl methyl sites for hydroxylation is 2. The minimum atomic E-state index is -0.750. The number of ether oxygens (including phenoxy) is 1. The highest BCUT2D eigenvalue weighted by atomic mass is 32.1. The average molecular weight is 349 g/mol. The third kappa shape index (κ3) is 3.31. The summed E-state index contributed by atoms with van der Waals surface area (Å²) in [6, 6.07) is 1.80. The van der Waals surface area contributed by atoms with Crippen molar-refractivity contribution in [3.63, 3.8) is 0 Å². The number of rotatable bonds is 3. The molecule has 3 rings (SSSR count). The van der Waals surface area contributed by atoms with Crippen molar-refractivity contribution in [2.24, 2.45) is 7.05 Å². The second-order valence-electron chi connectivity index (χ2n) is 6.33. The molecule has 7 heteroatoms. The Bertz CT molecular complexity index is 722. The molecule has 6 nitrogen and oxygen atoms in total. The number of hydrogen-bond donors (Lipinski definition) is 0. The van der Waals surface area contributed by atoms with Crippen molar-refractivity contribution in [2.45, 2.75) is 45.6 Å². The zero-order valence-electron chi connectivity index (χ0n) is 14.4. The van der Waals surface area contributed by atoms with Crippen LogP contribution in [0.1, 0.15) is 48.0 Å². The van der Waals surface area contributed by atoms with Crippen LogP contribution in [0.25, 0.3) is 10.2 Å². The predicted octanol–water partition coefficient (Wildman–Crippen LogP) is 2.89. The van der Waals surface area contributed by atoms with Crippen LogP contribution in [0, 0.1) is 6.92 Å². The Morgan fingerprint density at radius 1 is 1.25 bits per heavy atom. The van der Waals surface area contributed by atoms with Crippen LogP contribution in [0.2, 0.25) is 0 Å². The number of amides is 1. The maximum Gasteiger partial charge on any atom is 0.349 e. The Morgan fingerprint density at radius 3 is 2.54 bits per heavy atom. The van der Waals surface area contributed by atoms with E-state index in [4.69, 9.17) is 4.74 Å². The number of likely N-dealkylation sites (tertiary alicyclic amines) is 1. The minimum absolute atomic E-state index is 0.0933. The summed E-state index contributed by atoms with van der Waals surface area (Å²) < 4.78 is 7.18. The van der Waals surface area contributed by atoms with E-state index in [1.54, 1.807) is 17.7 Å². The first kappa shape index (κ1) is 17.0. The van der Waals surface area contributed by atoms with E-state index in [9.17, 15) is 9.59 Å². The molecule has 1 aliphatic rings. The van der Waals surface area contributed by atoms with Crippen LogP contribution in [-0.4, -0.2) is 45.8 Å². The normalized spacial score (nSPS) is 16.9. The highest BCUT2D eigenvalue weighted by Gasteiger charge is 2.26. The first-order valence-electron chi connectivity index (χ1n) is 8.40. The molecule has 0 spiro atoms. The van der Waals surface area contributed by atoms with Gasteiger partial charge in [-0.3, -0.25) is 9.48 Å². The number of thiophene rings is 1. The van der Waals surface area contributed by atoms with Crippen LogP contribution < -0.4 is 0 Å². The van der Waals surface area contributed by atoms with Gasteiger partial charge in [-0.15, -0.1) is 11.3 Å². The van der Waals surface area contributed by atoms with Crippen molar-refractivity contribution in [1.82, 2.24) is 14.7 Å². The van der Waals surface area contributed by atoms with Gasteiger partial charge in [0.05, 0.1) is 5.69 Å². The van der Waals surface area contributed by atoms with Crippen LogP contribution in [0.15, 0.2) is 6.07 Å². The fourth-order valence-electron chi connectivity index (χ4n) is 3.12. The van der Waals surface area contributed by atoms with E-state index in [0.717, 1.165) is 54.7 Å². The second kappa shape index (κ2) is 6.93. The summed E-state index contributed by atoms with van der Waals surface area (Å²) in [5.41, 5.74) is 0.886. The van der Waals surface area contributed by atoms with Gasteiger partial charge in [0.15, 0.2) is 6.10 Å². The van der Waals surface area contributed by atoms with E-state index in [2.05, 4.69) is 5.10 Å². The second-order valence-corrected chi connectivity index (χ2v) is 7.36. The zero-order valence-corrected chi connectivity index (χ0v) is 15.2. The van der Waals surface area contributed by atoms with Gasteiger partial charge in [-0.1, -0.05) is 12.8 Å². The van der Waals surface area contributed by atoms with Crippen LogP contribution in [0.4, 0.5) is 0 Å². The van der Waals surface area contributed by atoms with Crippen molar-refractivity contribution in [3.8, 4) is 0 Å². The number of nitrogens with zero attached hydrogens (tertiary/aromatic N) is 3. The number of esters is 1. The van der Waals surface area contributed by atoms with Crippen LogP contribution in [-0.2, 0) is 16.6 Å². The van der Waals surface area contributed by atoms with E-state index >= 15 is 0 Å². The van der Waals surface area contributed by atoms with Gasteiger partial charge in [0.2, 0.25) is 0 Å². The Morgan fingerprint density at radius 2 is 1.92 bits per heavy atom. The van der Waals surface area contributed by atoms with Gasteiger partial charge >= 0.3 is 5.97 Å². The van der Waals surface area contributed by atoms with Gasteiger partial charge in [0, 0.05) is 25.5 Å². The molecule has 1 aliphatic heterocycles. The summed E-state index contributed by atoms with van der Waals surface area (Å²) in [6.45, 7) is 5.09. The minimum Gasteiger partial charge on any atom is -0.448 e. The summed E-state index contributed by atoms with van der Waals surface area (Å²) in [5.74, 6) is -0.532. The molecule has 0 unspecified atom stereocenters. The molecule has 1 atom stereocenters. The van der Waals surface area contributed by atoms with Crippen molar-refractivity contribution in [1.29, 1.82) is 0 Å². The van der Waals surface area contributed by atoms with E-state index in [-0.39, 0.29) is 5.91 Å². The summed E-state index contributed by atoms with van der Waals surface area (Å²) in [4.78, 5) is 28.1. The molecule has 1 fully saturated rings. The molecule has 2 aromatic heterocycles. The maximum absolute atomic E-state index is 12.5. The quantitative estimate of drug-likeness (QED) is 0.799. The van der Waals surface area contributed by atoms with Gasteiger partial charge in [-0.25, -0.2) is 4.79 Å². The van der Waals surface area contributed by atoms with Crippen molar-refractivity contribution >= 4 is 33.4 Å². The Labute approximate surface area is 145 Å². The highest BCUT2D eigenvalue weighted by molar-refractivity contribution is 7.20. The smallest absolute Gasteiger partial charge is 0.349 e. The van der Waals surface area contributed by atoms with E-state index < -0.39 is 12.1 Å². The van der Waals surface area contributed by atoms with Gasteiger partial charge in [-0.05, 0) is 32.8 Å². The van der Waals surface area contributed by atoms with E-state index in [1.807, 2.05) is 18.9 Å². The third-order valence-electron chi connectivity index (χ3n) is 4.45. The lowest BCUT2D eigenvalue weighted by Crippen LogP contribution is -2.40. The fraction of sp³-hybridized carbons (Fsp3) is 0.588. The lowest BCUT2D eigenvalue weighted by Gasteiger charge is -2.23. The fourth-order valence-corrected chi connectivity index (χ4v) is 4.13. The lowest BCUT2D eigenvalue weighted by atomic mass is 10.2. The first-order chi connectivity index (χ1) is 11.5. The number of fused-ring (bicyclic) bond motifs is 1. The standard InChI is InChI=1S/C17H23N3O3S/c1-11-13-10-14(24-16(13)19(3)18-11)17(22)23-12(2)15(21)20-8-6-4-5-7-9-20/h10,12H,4-9H2,1-3H3/t12-/m0/s1. The molecular weight excluding hydrogens is 326 g/mol. The summed E-state index contributed by atoms with van der Waals surface area (Å²) in [6.07, 6.45) is 3.62. The van der Waals surface area contributed by atoms with E-state index in [0.29, 0.717) is 4.88 Å². The molecular formula is C17H23N3O3S. The molecule has 0 aromatic carbocycles. The maximum atomic E-state index is 12.5. The van der Waals surface area contributed by atoms with E-state index in [1.165, 1.54) is 11.3 Å². The molecule has 0 saturated carbocycles. The van der Waals surface area contributed by atoms with Crippen molar-refractivity contribution in [2.75, 3.05) is 13.1 Å². The molecule has 0 aliphatic carbocycles. The number of carbonyl (C=O) groups excluding carboxylic acids is 2. The highest BCUT2D eigenvalue weighted by Crippen LogP contribution is 2.28. The van der Waals surface area contributed by atoms with Crippen LogP contribution in [0.5, 0.6) is 0 Å². The number of carbonyl (C=O) groups is 2. The Balaban J connectivity index is 1.68. The van der Waals surface area contributed by atoms with Gasteiger partial charge in [0.1, 0.15) is 9.71 Å². The number of hydrogen-bond acceptors (Lipinski definition) is 5.